The highest BCUT2D eigenvalue weighted by Crippen LogP contribution is 2.02. The first-order valence-corrected chi connectivity index (χ1v) is 6.14. The zero-order chi connectivity index (χ0) is 13.4. The Labute approximate surface area is 112 Å². The minimum absolute atomic E-state index is 0. The predicted octanol–water partition coefficient (Wildman–Crippen LogP) is 0.490. The van der Waals surface area contributed by atoms with Crippen molar-refractivity contribution in [3.8, 4) is 0 Å². The lowest BCUT2D eigenvalue weighted by Gasteiger charge is -2.32. The Bertz CT molecular complexity index is 148. The standard InChI is InChI=1S/C7H18NO.C5H14NO.2H2O/c1-4-8(5-2,6-3)7-9;1-5(7)6(2,3)4;;/h9H,4-7H2,1-3H3;5,7H,1-4H3;2*1H2/q2*+1;;/p-2. The Balaban J connectivity index is -0.000000100. The van der Waals surface area contributed by atoms with Crippen molar-refractivity contribution >= 4 is 0 Å². The lowest BCUT2D eigenvalue weighted by atomic mass is 10.4. The van der Waals surface area contributed by atoms with Gasteiger partial charge in [0.25, 0.3) is 0 Å². The second kappa shape index (κ2) is 11.8. The summed E-state index contributed by atoms with van der Waals surface area (Å²) in [6.45, 7) is 11.5. The second-order valence-corrected chi connectivity index (χ2v) is 5.18. The van der Waals surface area contributed by atoms with Crippen molar-refractivity contribution in [1.29, 1.82) is 0 Å². The minimum atomic E-state index is -0.264. The summed E-state index contributed by atoms with van der Waals surface area (Å²) in [7, 11) is 5.85. The molecule has 0 bridgehead atoms. The fourth-order valence-electron chi connectivity index (χ4n) is 0.971. The molecule has 0 saturated carbocycles. The average Bonchev–Trinajstić information content (AvgIpc) is 2.21. The molecule has 0 radical (unpaired) electrons. The fourth-order valence-corrected chi connectivity index (χ4v) is 0.971. The lowest BCUT2D eigenvalue weighted by Crippen LogP contribution is -2.48. The van der Waals surface area contributed by atoms with Crippen LogP contribution in [0.25, 0.3) is 0 Å². The van der Waals surface area contributed by atoms with Crippen LogP contribution in [0, 0.1) is 0 Å². The van der Waals surface area contributed by atoms with Crippen molar-refractivity contribution in [2.45, 2.75) is 33.9 Å². The van der Waals surface area contributed by atoms with Crippen LogP contribution in [-0.4, -0.2) is 83.9 Å². The molecule has 0 heterocycles. The van der Waals surface area contributed by atoms with Gasteiger partial charge < -0.3 is 30.1 Å². The maximum atomic E-state index is 8.95. The van der Waals surface area contributed by atoms with E-state index in [4.69, 9.17) is 10.2 Å². The van der Waals surface area contributed by atoms with Crippen LogP contribution in [-0.2, 0) is 0 Å². The molecule has 1 unspecified atom stereocenters. The summed E-state index contributed by atoms with van der Waals surface area (Å²) in [4.78, 5) is 0. The van der Waals surface area contributed by atoms with E-state index in [1.807, 2.05) is 21.1 Å². The van der Waals surface area contributed by atoms with Crippen molar-refractivity contribution in [2.75, 3.05) is 47.5 Å². The fraction of sp³-hybridized carbons (Fsp3) is 1.00. The van der Waals surface area contributed by atoms with E-state index < -0.39 is 0 Å². The first-order valence-electron chi connectivity index (χ1n) is 6.14. The van der Waals surface area contributed by atoms with Crippen LogP contribution in [0.1, 0.15) is 27.7 Å². The van der Waals surface area contributed by atoms with E-state index in [1.54, 1.807) is 6.92 Å². The molecule has 0 aromatic carbocycles. The highest BCUT2D eigenvalue weighted by Gasteiger charge is 2.17. The van der Waals surface area contributed by atoms with Gasteiger partial charge >= 0.3 is 0 Å². The van der Waals surface area contributed by atoms with Gasteiger partial charge in [-0.3, -0.25) is 0 Å². The molecule has 116 valence electrons. The number of hydrogen-bond donors (Lipinski definition) is 2. The minimum Gasteiger partial charge on any atom is -0.870 e. The number of quaternary nitrogens is 2. The highest BCUT2D eigenvalue weighted by molar-refractivity contribution is 4.27. The third kappa shape index (κ3) is 10.9. The van der Waals surface area contributed by atoms with Gasteiger partial charge in [0.1, 0.15) is 0 Å². The van der Waals surface area contributed by atoms with Gasteiger partial charge in [-0.05, 0) is 20.8 Å². The van der Waals surface area contributed by atoms with Crippen molar-refractivity contribution in [2.24, 2.45) is 0 Å². The monoisotopic (exact) mass is 270 g/mol. The smallest absolute Gasteiger partial charge is 0.187 e. The molecule has 0 amide bonds. The van der Waals surface area contributed by atoms with E-state index in [0.717, 1.165) is 24.1 Å². The topological polar surface area (TPSA) is 100 Å². The SMILES string of the molecule is CC(O)[N+](C)(C)C.CC[N+](CC)(CC)CO.[OH-].[OH-]. The second-order valence-electron chi connectivity index (χ2n) is 5.18. The molecule has 4 N–H and O–H groups in total. The number of aliphatic hydroxyl groups is 2. The van der Waals surface area contributed by atoms with Gasteiger partial charge in [0.15, 0.2) is 13.0 Å². The molecule has 18 heavy (non-hydrogen) atoms. The molecule has 6 heteroatoms. The normalized spacial score (nSPS) is 12.5. The Hall–Kier alpha value is -0.240. The third-order valence-corrected chi connectivity index (χ3v) is 3.43. The largest absolute Gasteiger partial charge is 0.870 e. The van der Waals surface area contributed by atoms with Crippen LogP contribution in [0.5, 0.6) is 0 Å². The highest BCUT2D eigenvalue weighted by atomic mass is 16.3. The first-order chi connectivity index (χ1) is 7.19. The van der Waals surface area contributed by atoms with Gasteiger partial charge in [-0.1, -0.05) is 0 Å². The lowest BCUT2D eigenvalue weighted by molar-refractivity contribution is -0.940. The van der Waals surface area contributed by atoms with Crippen LogP contribution in [0.15, 0.2) is 0 Å². The summed E-state index contributed by atoms with van der Waals surface area (Å²) < 4.78 is 1.44. The molecular weight excluding hydrogens is 236 g/mol. The Kier molecular flexibility index (Phi) is 17.3. The summed E-state index contributed by atoms with van der Waals surface area (Å²) in [6, 6.07) is 0. The van der Waals surface area contributed by atoms with Gasteiger partial charge in [0, 0.05) is 6.92 Å². The maximum absolute atomic E-state index is 8.95. The van der Waals surface area contributed by atoms with Crippen LogP contribution < -0.4 is 0 Å². The van der Waals surface area contributed by atoms with Crippen molar-refractivity contribution in [1.82, 2.24) is 0 Å². The van der Waals surface area contributed by atoms with E-state index in [9.17, 15) is 0 Å². The van der Waals surface area contributed by atoms with Gasteiger partial charge in [0.2, 0.25) is 0 Å². The summed E-state index contributed by atoms with van der Waals surface area (Å²) in [5.74, 6) is 0. The number of rotatable bonds is 5. The van der Waals surface area contributed by atoms with Gasteiger partial charge in [-0.15, -0.1) is 0 Å². The van der Waals surface area contributed by atoms with E-state index in [-0.39, 0.29) is 23.9 Å². The van der Waals surface area contributed by atoms with Crippen LogP contribution in [0.3, 0.4) is 0 Å². The van der Waals surface area contributed by atoms with Gasteiger partial charge in [0.05, 0.1) is 40.8 Å². The van der Waals surface area contributed by atoms with Gasteiger partial charge in [-0.25, -0.2) is 0 Å². The van der Waals surface area contributed by atoms with Crippen molar-refractivity contribution in [3.63, 3.8) is 0 Å². The number of nitrogens with zero attached hydrogens (tertiary/aromatic N) is 2. The summed E-state index contributed by atoms with van der Waals surface area (Å²) in [5, 5.41) is 17.8. The van der Waals surface area contributed by atoms with Crippen LogP contribution >= 0.6 is 0 Å². The number of hydrogen-bond acceptors (Lipinski definition) is 4. The quantitative estimate of drug-likeness (QED) is 0.561. The Morgan fingerprint density at radius 1 is 0.889 bits per heavy atom. The molecule has 0 rings (SSSR count). The molecule has 0 fully saturated rings. The summed E-state index contributed by atoms with van der Waals surface area (Å²) in [6.07, 6.45) is -0.264. The molecule has 0 saturated heterocycles. The van der Waals surface area contributed by atoms with Crippen LogP contribution in [0.4, 0.5) is 0 Å². The van der Waals surface area contributed by atoms with E-state index in [1.165, 1.54) is 0 Å². The molecule has 0 aromatic rings. The molecule has 0 aromatic heterocycles. The summed E-state index contributed by atoms with van der Waals surface area (Å²) >= 11 is 0. The van der Waals surface area contributed by atoms with E-state index >= 15 is 0 Å². The molecule has 6 nitrogen and oxygen atoms in total. The summed E-state index contributed by atoms with van der Waals surface area (Å²) in [5.41, 5.74) is 0. The Morgan fingerprint density at radius 2 is 1.11 bits per heavy atom. The number of aliphatic hydroxyl groups excluding tert-OH is 2. The third-order valence-electron chi connectivity index (χ3n) is 3.43. The first kappa shape index (κ1) is 26.3. The zero-order valence-electron chi connectivity index (χ0n) is 13.1. The predicted molar refractivity (Wildman–Crippen MR) is 72.6 cm³/mol. The van der Waals surface area contributed by atoms with Gasteiger partial charge in [-0.2, -0.15) is 0 Å². The van der Waals surface area contributed by atoms with E-state index in [0.29, 0.717) is 4.48 Å². The molecule has 0 spiro atoms. The zero-order valence-corrected chi connectivity index (χ0v) is 13.1. The molecule has 0 aliphatic carbocycles. The molecule has 0 aliphatic rings. The Morgan fingerprint density at radius 3 is 1.11 bits per heavy atom. The molecule has 1 atom stereocenters. The maximum Gasteiger partial charge on any atom is 0.187 e. The molecule has 0 aliphatic heterocycles. The van der Waals surface area contributed by atoms with Crippen molar-refractivity contribution in [3.05, 3.63) is 0 Å². The van der Waals surface area contributed by atoms with Crippen molar-refractivity contribution < 1.29 is 30.1 Å². The molecular formula is C12H34N2O4. The van der Waals surface area contributed by atoms with E-state index in [2.05, 4.69) is 20.8 Å². The average molecular weight is 270 g/mol. The van der Waals surface area contributed by atoms with Crippen LogP contribution in [0.2, 0.25) is 0 Å².